The van der Waals surface area contributed by atoms with Crippen LogP contribution in [0.4, 0.5) is 0 Å². The van der Waals surface area contributed by atoms with Crippen molar-refractivity contribution in [2.24, 2.45) is 0 Å². The second-order valence-electron chi connectivity index (χ2n) is 7.13. The number of rotatable bonds is 6. The quantitative estimate of drug-likeness (QED) is 0.326. The second-order valence-corrected chi connectivity index (χ2v) is 7.53. The topological polar surface area (TPSA) is 71.0 Å². The van der Waals surface area contributed by atoms with Crippen LogP contribution in [0.5, 0.6) is 0 Å². The van der Waals surface area contributed by atoms with Crippen LogP contribution in [0.2, 0.25) is 5.02 Å². The maximum Gasteiger partial charge on any atom is 0.262 e. The van der Waals surface area contributed by atoms with Crippen LogP contribution in [0.15, 0.2) is 76.9 Å². The zero-order chi connectivity index (χ0) is 21.8. The van der Waals surface area contributed by atoms with Crippen LogP contribution in [-0.2, 0) is 17.9 Å². The molecule has 4 aromatic rings. The van der Waals surface area contributed by atoms with Crippen molar-refractivity contribution in [2.45, 2.75) is 20.0 Å². The molecule has 2 heterocycles. The van der Waals surface area contributed by atoms with E-state index in [4.69, 9.17) is 16.0 Å². The van der Waals surface area contributed by atoms with E-state index in [1.807, 2.05) is 61.5 Å². The van der Waals surface area contributed by atoms with Crippen molar-refractivity contribution in [2.75, 3.05) is 0 Å². The zero-order valence-electron chi connectivity index (χ0n) is 16.9. The summed E-state index contributed by atoms with van der Waals surface area (Å²) in [6.07, 6.45) is 3.19. The predicted molar refractivity (Wildman–Crippen MR) is 121 cm³/mol. The summed E-state index contributed by atoms with van der Waals surface area (Å²) in [5.74, 6) is 0.180. The fourth-order valence-electron chi connectivity index (χ4n) is 3.61. The average molecular weight is 430 g/mol. The molecule has 0 aliphatic carbocycles. The molecule has 2 aromatic heterocycles. The Bertz CT molecular complexity index is 1310. The van der Waals surface area contributed by atoms with Crippen molar-refractivity contribution < 1.29 is 9.21 Å². The molecule has 5 nitrogen and oxygen atoms in total. The number of aromatic nitrogens is 1. The van der Waals surface area contributed by atoms with Gasteiger partial charge in [0.1, 0.15) is 17.4 Å². The van der Waals surface area contributed by atoms with Gasteiger partial charge in [-0.15, -0.1) is 0 Å². The van der Waals surface area contributed by atoms with Crippen molar-refractivity contribution in [3.05, 3.63) is 100 Å². The highest BCUT2D eigenvalue weighted by Crippen LogP contribution is 2.30. The summed E-state index contributed by atoms with van der Waals surface area (Å²) < 4.78 is 7.38. The maximum atomic E-state index is 12.6. The highest BCUT2D eigenvalue weighted by atomic mass is 35.5. The highest BCUT2D eigenvalue weighted by molar-refractivity contribution is 6.31. The van der Waals surface area contributed by atoms with Gasteiger partial charge in [-0.1, -0.05) is 48.0 Å². The van der Waals surface area contributed by atoms with E-state index in [0.29, 0.717) is 17.3 Å². The van der Waals surface area contributed by atoms with Crippen molar-refractivity contribution in [3.8, 4) is 6.07 Å². The number of nitriles is 1. The van der Waals surface area contributed by atoms with Crippen molar-refractivity contribution in [3.63, 3.8) is 0 Å². The van der Waals surface area contributed by atoms with Gasteiger partial charge in [-0.05, 0) is 42.8 Å². The molecular weight excluding hydrogens is 410 g/mol. The molecule has 4 rings (SSSR count). The number of nitrogens with zero attached hydrogens (tertiary/aromatic N) is 2. The number of benzene rings is 2. The van der Waals surface area contributed by atoms with E-state index in [0.717, 1.165) is 27.7 Å². The third-order valence-electron chi connectivity index (χ3n) is 5.22. The fraction of sp³-hybridized carbons (Fsp3) is 0.120. The molecule has 154 valence electrons. The number of fused-ring (bicyclic) bond motifs is 1. The van der Waals surface area contributed by atoms with Gasteiger partial charge in [0.2, 0.25) is 0 Å². The molecule has 0 aliphatic heterocycles. The van der Waals surface area contributed by atoms with E-state index < -0.39 is 5.91 Å². The van der Waals surface area contributed by atoms with Gasteiger partial charge in [-0.2, -0.15) is 5.26 Å². The minimum Gasteiger partial charge on any atom is -0.467 e. The number of hydrogen-bond acceptors (Lipinski definition) is 3. The van der Waals surface area contributed by atoms with Crippen LogP contribution >= 0.6 is 11.6 Å². The van der Waals surface area contributed by atoms with Crippen LogP contribution in [0, 0.1) is 18.3 Å². The van der Waals surface area contributed by atoms with Crippen molar-refractivity contribution >= 4 is 34.5 Å². The molecule has 0 aliphatic rings. The molecule has 1 N–H and O–H groups in total. The van der Waals surface area contributed by atoms with Gasteiger partial charge in [0.25, 0.3) is 5.91 Å². The third kappa shape index (κ3) is 4.25. The molecule has 31 heavy (non-hydrogen) atoms. The van der Waals surface area contributed by atoms with E-state index in [1.165, 1.54) is 0 Å². The monoisotopic (exact) mass is 429 g/mol. The summed E-state index contributed by atoms with van der Waals surface area (Å²) >= 11 is 6.38. The Hall–Kier alpha value is -3.75. The van der Waals surface area contributed by atoms with E-state index >= 15 is 0 Å². The van der Waals surface area contributed by atoms with E-state index in [1.54, 1.807) is 24.5 Å². The Balaban J connectivity index is 1.71. The molecule has 0 atom stereocenters. The number of carbonyl (C=O) groups is 1. The Morgan fingerprint density at radius 2 is 1.94 bits per heavy atom. The number of hydrogen-bond donors (Lipinski definition) is 1. The third-order valence-corrected chi connectivity index (χ3v) is 5.59. The Morgan fingerprint density at radius 3 is 2.68 bits per heavy atom. The van der Waals surface area contributed by atoms with Gasteiger partial charge in [0, 0.05) is 33.7 Å². The van der Waals surface area contributed by atoms with Crippen LogP contribution < -0.4 is 5.32 Å². The highest BCUT2D eigenvalue weighted by Gasteiger charge is 2.16. The summed E-state index contributed by atoms with van der Waals surface area (Å²) in [4.78, 5) is 12.6. The normalized spacial score (nSPS) is 11.5. The maximum absolute atomic E-state index is 12.6. The lowest BCUT2D eigenvalue weighted by molar-refractivity contribution is -0.117. The molecule has 2 aromatic carbocycles. The molecule has 0 fully saturated rings. The van der Waals surface area contributed by atoms with Gasteiger partial charge in [-0.25, -0.2) is 0 Å². The van der Waals surface area contributed by atoms with E-state index in [-0.39, 0.29) is 12.1 Å². The minimum atomic E-state index is -0.443. The van der Waals surface area contributed by atoms with Gasteiger partial charge in [0.15, 0.2) is 0 Å². The molecule has 0 unspecified atom stereocenters. The first kappa shape index (κ1) is 20.5. The summed E-state index contributed by atoms with van der Waals surface area (Å²) in [5, 5.41) is 14.0. The number of amides is 1. The van der Waals surface area contributed by atoms with E-state index in [2.05, 4.69) is 9.88 Å². The molecule has 0 bridgehead atoms. The van der Waals surface area contributed by atoms with Gasteiger partial charge < -0.3 is 14.3 Å². The Labute approximate surface area is 185 Å². The first-order valence-electron chi connectivity index (χ1n) is 9.82. The second kappa shape index (κ2) is 8.95. The SMILES string of the molecule is Cc1c(/C=C(\C#N)C(=O)NCc2ccco2)c2ccccc2n1Cc1ccccc1Cl. The number of furan rings is 1. The largest absolute Gasteiger partial charge is 0.467 e. The van der Waals surface area contributed by atoms with Gasteiger partial charge in [0.05, 0.1) is 12.8 Å². The smallest absolute Gasteiger partial charge is 0.262 e. The van der Waals surface area contributed by atoms with Crippen LogP contribution in [0.3, 0.4) is 0 Å². The number of halogens is 1. The standard InChI is InChI=1S/C25H20ClN3O2/c1-17-22(13-19(14-27)25(30)28-15-20-8-6-12-31-20)21-9-3-5-11-24(21)29(17)16-18-7-2-4-10-23(18)26/h2-13H,15-16H2,1H3,(H,28,30)/b19-13+. The molecule has 0 spiro atoms. The number of carbonyl (C=O) groups excluding carboxylic acids is 1. The molecule has 0 saturated heterocycles. The number of nitrogens with one attached hydrogen (secondary N) is 1. The molecule has 1 amide bonds. The lowest BCUT2D eigenvalue weighted by Crippen LogP contribution is -2.23. The molecular formula is C25H20ClN3O2. The number of para-hydroxylation sites is 1. The average Bonchev–Trinajstić information content (AvgIpc) is 3.39. The van der Waals surface area contributed by atoms with Crippen molar-refractivity contribution in [1.29, 1.82) is 5.26 Å². The Kier molecular flexibility index (Phi) is 5.92. The Morgan fingerprint density at radius 1 is 1.16 bits per heavy atom. The van der Waals surface area contributed by atoms with Crippen molar-refractivity contribution in [1.82, 2.24) is 9.88 Å². The lowest BCUT2D eigenvalue weighted by atomic mass is 10.1. The van der Waals surface area contributed by atoms with Gasteiger partial charge in [-0.3, -0.25) is 4.79 Å². The molecule has 6 heteroatoms. The van der Waals surface area contributed by atoms with Gasteiger partial charge >= 0.3 is 0 Å². The minimum absolute atomic E-state index is 0.0373. The van der Waals surface area contributed by atoms with Crippen LogP contribution in [0.1, 0.15) is 22.6 Å². The van der Waals surface area contributed by atoms with Crippen LogP contribution in [0.25, 0.3) is 17.0 Å². The summed E-state index contributed by atoms with van der Waals surface area (Å²) in [6, 6.07) is 21.2. The lowest BCUT2D eigenvalue weighted by Gasteiger charge is -2.10. The molecule has 0 radical (unpaired) electrons. The zero-order valence-corrected chi connectivity index (χ0v) is 17.7. The first-order chi connectivity index (χ1) is 15.1. The first-order valence-corrected chi connectivity index (χ1v) is 10.2. The summed E-state index contributed by atoms with van der Waals surface area (Å²) in [5.41, 5.74) is 3.84. The fourth-order valence-corrected chi connectivity index (χ4v) is 3.80. The predicted octanol–water partition coefficient (Wildman–Crippen LogP) is 5.47. The van der Waals surface area contributed by atoms with Crippen LogP contribution in [-0.4, -0.2) is 10.5 Å². The molecule has 0 saturated carbocycles. The van der Waals surface area contributed by atoms with E-state index in [9.17, 15) is 10.1 Å². The summed E-state index contributed by atoms with van der Waals surface area (Å²) in [7, 11) is 0. The summed E-state index contributed by atoms with van der Waals surface area (Å²) in [6.45, 7) is 2.79.